The summed E-state index contributed by atoms with van der Waals surface area (Å²) in [7, 11) is 0. The number of carbonyl (C=O) groups is 2. The van der Waals surface area contributed by atoms with Gasteiger partial charge in [0.05, 0.1) is 18.4 Å². The number of hydrogen-bond donors (Lipinski definition) is 1. The van der Waals surface area contributed by atoms with Gasteiger partial charge in [0.15, 0.2) is 17.6 Å². The van der Waals surface area contributed by atoms with Crippen LogP contribution in [0.5, 0.6) is 17.2 Å². The number of halogens is 2. The lowest BCUT2D eigenvalue weighted by atomic mass is 10.2. The Bertz CT molecular complexity index is 1170. The highest BCUT2D eigenvalue weighted by Gasteiger charge is 2.15. The molecule has 9 heteroatoms. The van der Waals surface area contributed by atoms with Gasteiger partial charge in [-0.3, -0.25) is 4.79 Å². The lowest BCUT2D eigenvalue weighted by Gasteiger charge is -2.13. The van der Waals surface area contributed by atoms with E-state index in [9.17, 15) is 9.59 Å². The van der Waals surface area contributed by atoms with Crippen molar-refractivity contribution in [2.24, 2.45) is 5.10 Å². The average molecular weight is 546 g/mol. The van der Waals surface area contributed by atoms with Crippen LogP contribution in [0.1, 0.15) is 29.8 Å². The Morgan fingerprint density at radius 1 is 1.06 bits per heavy atom. The van der Waals surface area contributed by atoms with Crippen LogP contribution in [0.3, 0.4) is 0 Å². The molecule has 34 heavy (non-hydrogen) atoms. The maximum atomic E-state index is 12.4. The van der Waals surface area contributed by atoms with Crippen LogP contribution in [0.4, 0.5) is 0 Å². The number of carbonyl (C=O) groups excluding carboxylic acids is 2. The second-order valence-electron chi connectivity index (χ2n) is 6.98. The molecule has 0 fully saturated rings. The molecular weight excluding hydrogens is 524 g/mol. The number of esters is 1. The van der Waals surface area contributed by atoms with Gasteiger partial charge in [0.2, 0.25) is 0 Å². The van der Waals surface area contributed by atoms with Crippen LogP contribution in [0.2, 0.25) is 5.02 Å². The second kappa shape index (κ2) is 12.2. The van der Waals surface area contributed by atoms with Gasteiger partial charge in [-0.15, -0.1) is 0 Å². The predicted octanol–water partition coefficient (Wildman–Crippen LogP) is 5.64. The Hall–Kier alpha value is -3.36. The lowest BCUT2D eigenvalue weighted by molar-refractivity contribution is -0.127. The van der Waals surface area contributed by atoms with Gasteiger partial charge in [-0.2, -0.15) is 5.10 Å². The van der Waals surface area contributed by atoms with Crippen LogP contribution in [0.25, 0.3) is 0 Å². The summed E-state index contributed by atoms with van der Waals surface area (Å²) in [5.74, 6) is 0.259. The number of amides is 1. The fraction of sp³-hybridized carbons (Fsp3) is 0.160. The molecular formula is C25H22BrClN2O5. The summed E-state index contributed by atoms with van der Waals surface area (Å²) in [4.78, 5) is 24.7. The standard InChI is InChI=1S/C25H22BrClN2O5/c1-3-32-23-14-17(4-13-22(23)34-25(31)18-5-9-20(27)10-6-18)15-28-29-24(30)16(2)33-21-11-7-19(26)8-12-21/h4-16H,3H2,1-2H3,(H,29,30)/b28-15+. The number of nitrogens with zero attached hydrogens (tertiary/aromatic N) is 1. The highest BCUT2D eigenvalue weighted by molar-refractivity contribution is 9.10. The highest BCUT2D eigenvalue weighted by atomic mass is 79.9. The van der Waals surface area contributed by atoms with Gasteiger partial charge in [0.1, 0.15) is 5.75 Å². The van der Waals surface area contributed by atoms with E-state index in [0.717, 1.165) is 4.47 Å². The Kier molecular flexibility index (Phi) is 9.07. The third kappa shape index (κ3) is 7.33. The quantitative estimate of drug-likeness (QED) is 0.163. The van der Waals surface area contributed by atoms with E-state index in [2.05, 4.69) is 26.5 Å². The number of hydrogen-bond acceptors (Lipinski definition) is 6. The van der Waals surface area contributed by atoms with Gasteiger partial charge < -0.3 is 14.2 Å². The molecule has 0 spiro atoms. The molecule has 0 bridgehead atoms. The molecule has 7 nitrogen and oxygen atoms in total. The molecule has 1 N–H and O–H groups in total. The van der Waals surface area contributed by atoms with Crippen LogP contribution < -0.4 is 19.6 Å². The normalized spacial score (nSPS) is 11.6. The van der Waals surface area contributed by atoms with E-state index in [4.69, 9.17) is 25.8 Å². The zero-order valence-corrected chi connectivity index (χ0v) is 20.8. The van der Waals surface area contributed by atoms with E-state index in [1.165, 1.54) is 6.21 Å². The van der Waals surface area contributed by atoms with Gasteiger partial charge in [-0.05, 0) is 86.1 Å². The Morgan fingerprint density at radius 2 is 1.76 bits per heavy atom. The first-order valence-corrected chi connectivity index (χ1v) is 11.5. The molecule has 0 aliphatic heterocycles. The van der Waals surface area contributed by atoms with E-state index in [1.807, 2.05) is 19.1 Å². The van der Waals surface area contributed by atoms with Crippen molar-refractivity contribution in [3.05, 3.63) is 87.4 Å². The van der Waals surface area contributed by atoms with Crippen molar-refractivity contribution in [2.45, 2.75) is 20.0 Å². The number of benzene rings is 3. The van der Waals surface area contributed by atoms with Crippen molar-refractivity contribution < 1.29 is 23.8 Å². The molecule has 1 amide bonds. The van der Waals surface area contributed by atoms with Gasteiger partial charge in [-0.1, -0.05) is 27.5 Å². The minimum absolute atomic E-state index is 0.263. The van der Waals surface area contributed by atoms with Gasteiger partial charge >= 0.3 is 5.97 Å². The second-order valence-corrected chi connectivity index (χ2v) is 8.34. The summed E-state index contributed by atoms with van der Waals surface area (Å²) in [5.41, 5.74) is 3.44. The van der Waals surface area contributed by atoms with Crippen LogP contribution in [0, 0.1) is 0 Å². The summed E-state index contributed by atoms with van der Waals surface area (Å²) in [5, 5.41) is 4.50. The summed E-state index contributed by atoms with van der Waals surface area (Å²) in [6.07, 6.45) is 0.712. The first-order chi connectivity index (χ1) is 16.4. The first kappa shape index (κ1) is 25.3. The summed E-state index contributed by atoms with van der Waals surface area (Å²) in [6, 6.07) is 18.5. The van der Waals surface area contributed by atoms with Gasteiger partial charge in [0.25, 0.3) is 5.91 Å². The fourth-order valence-electron chi connectivity index (χ4n) is 2.73. The Morgan fingerprint density at radius 3 is 2.44 bits per heavy atom. The SMILES string of the molecule is CCOc1cc(/C=N/NC(=O)C(C)Oc2ccc(Br)cc2)ccc1OC(=O)c1ccc(Cl)cc1. The molecule has 0 heterocycles. The largest absolute Gasteiger partial charge is 0.490 e. The molecule has 176 valence electrons. The predicted molar refractivity (Wildman–Crippen MR) is 134 cm³/mol. The fourth-order valence-corrected chi connectivity index (χ4v) is 3.12. The van der Waals surface area contributed by atoms with E-state index in [-0.39, 0.29) is 5.75 Å². The molecule has 0 aliphatic rings. The van der Waals surface area contributed by atoms with Crippen LogP contribution in [-0.2, 0) is 4.79 Å². The zero-order chi connectivity index (χ0) is 24.5. The molecule has 0 saturated heterocycles. The smallest absolute Gasteiger partial charge is 0.343 e. The molecule has 3 aromatic rings. The minimum atomic E-state index is -0.744. The summed E-state index contributed by atoms with van der Waals surface area (Å²) >= 11 is 9.21. The van der Waals surface area contributed by atoms with Crippen LogP contribution >= 0.6 is 27.5 Å². The van der Waals surface area contributed by atoms with Crippen molar-refractivity contribution in [2.75, 3.05) is 6.61 Å². The van der Waals surface area contributed by atoms with Crippen LogP contribution in [0.15, 0.2) is 76.3 Å². The van der Waals surface area contributed by atoms with Crippen molar-refractivity contribution in [1.82, 2.24) is 5.43 Å². The van der Waals surface area contributed by atoms with Crippen molar-refractivity contribution in [3.63, 3.8) is 0 Å². The van der Waals surface area contributed by atoms with E-state index in [0.29, 0.717) is 34.3 Å². The molecule has 0 aromatic heterocycles. The highest BCUT2D eigenvalue weighted by Crippen LogP contribution is 2.29. The number of nitrogens with one attached hydrogen (secondary N) is 1. The third-order valence-electron chi connectivity index (χ3n) is 4.43. The summed E-state index contributed by atoms with van der Waals surface area (Å²) in [6.45, 7) is 3.82. The Labute approximate surface area is 210 Å². The molecule has 0 radical (unpaired) electrons. The molecule has 3 aromatic carbocycles. The lowest BCUT2D eigenvalue weighted by Crippen LogP contribution is -2.33. The first-order valence-electron chi connectivity index (χ1n) is 10.4. The molecule has 1 atom stereocenters. The molecule has 1 unspecified atom stereocenters. The van der Waals surface area contributed by atoms with E-state index >= 15 is 0 Å². The van der Waals surface area contributed by atoms with E-state index in [1.54, 1.807) is 61.5 Å². The number of ether oxygens (including phenoxy) is 3. The maximum absolute atomic E-state index is 12.4. The van der Waals surface area contributed by atoms with E-state index < -0.39 is 18.0 Å². The molecule has 3 rings (SSSR count). The van der Waals surface area contributed by atoms with Crippen molar-refractivity contribution in [3.8, 4) is 17.2 Å². The van der Waals surface area contributed by atoms with Gasteiger partial charge in [-0.25, -0.2) is 10.2 Å². The van der Waals surface area contributed by atoms with Crippen molar-refractivity contribution >= 4 is 45.6 Å². The molecule has 0 aliphatic carbocycles. The monoisotopic (exact) mass is 544 g/mol. The summed E-state index contributed by atoms with van der Waals surface area (Å²) < 4.78 is 17.6. The molecule has 0 saturated carbocycles. The topological polar surface area (TPSA) is 86.2 Å². The minimum Gasteiger partial charge on any atom is -0.490 e. The Balaban J connectivity index is 1.62. The van der Waals surface area contributed by atoms with Crippen molar-refractivity contribution in [1.29, 1.82) is 0 Å². The average Bonchev–Trinajstić information content (AvgIpc) is 2.82. The van der Waals surface area contributed by atoms with Gasteiger partial charge in [0, 0.05) is 9.50 Å². The zero-order valence-electron chi connectivity index (χ0n) is 18.5. The number of hydrazone groups is 1. The maximum Gasteiger partial charge on any atom is 0.343 e. The third-order valence-corrected chi connectivity index (χ3v) is 5.21. The van der Waals surface area contributed by atoms with Crippen LogP contribution in [-0.4, -0.2) is 30.8 Å². The number of rotatable bonds is 9.